The number of sulfonamides is 1. The van der Waals surface area contributed by atoms with Gasteiger partial charge in [-0.1, -0.05) is 52.0 Å². The maximum atomic E-state index is 13.8. The number of carbonyl (C=O) groups is 2. The molecular formula is C28H41N3O5S. The minimum Gasteiger partial charge on any atom is -0.497 e. The number of hydrogen-bond donors (Lipinski definition) is 1. The van der Waals surface area contributed by atoms with Gasteiger partial charge < -0.3 is 15.0 Å². The SMILES string of the molecule is CCC(C)NC(=O)C(CC)N(Cc1cccc(OC)c1)C(=O)CN(c1ccc(C(C)C)cc1)S(C)(=O)=O. The van der Waals surface area contributed by atoms with Gasteiger partial charge >= 0.3 is 0 Å². The van der Waals surface area contributed by atoms with Crippen molar-refractivity contribution in [3.8, 4) is 5.75 Å². The highest BCUT2D eigenvalue weighted by atomic mass is 32.2. The highest BCUT2D eigenvalue weighted by molar-refractivity contribution is 7.92. The highest BCUT2D eigenvalue weighted by Gasteiger charge is 2.32. The largest absolute Gasteiger partial charge is 0.497 e. The summed E-state index contributed by atoms with van der Waals surface area (Å²) >= 11 is 0. The quantitative estimate of drug-likeness (QED) is 0.416. The van der Waals surface area contributed by atoms with Crippen LogP contribution in [0.2, 0.25) is 0 Å². The van der Waals surface area contributed by atoms with Crippen LogP contribution in [0.5, 0.6) is 5.75 Å². The van der Waals surface area contributed by atoms with E-state index in [1.54, 1.807) is 31.4 Å². The van der Waals surface area contributed by atoms with Gasteiger partial charge in [0.25, 0.3) is 0 Å². The van der Waals surface area contributed by atoms with Crippen molar-refractivity contribution in [2.45, 2.75) is 72.0 Å². The van der Waals surface area contributed by atoms with E-state index in [2.05, 4.69) is 19.2 Å². The van der Waals surface area contributed by atoms with Crippen LogP contribution in [0.25, 0.3) is 0 Å². The maximum absolute atomic E-state index is 13.8. The summed E-state index contributed by atoms with van der Waals surface area (Å²) in [5, 5.41) is 2.97. The number of methoxy groups -OCH3 is 1. The van der Waals surface area contributed by atoms with Crippen molar-refractivity contribution in [3.63, 3.8) is 0 Å². The summed E-state index contributed by atoms with van der Waals surface area (Å²) in [6.07, 6.45) is 2.20. The molecule has 2 rings (SSSR count). The lowest BCUT2D eigenvalue weighted by atomic mass is 10.0. The predicted octanol–water partition coefficient (Wildman–Crippen LogP) is 4.31. The van der Waals surface area contributed by atoms with Gasteiger partial charge in [0.1, 0.15) is 18.3 Å². The maximum Gasteiger partial charge on any atom is 0.244 e. The van der Waals surface area contributed by atoms with Gasteiger partial charge in [0, 0.05) is 12.6 Å². The van der Waals surface area contributed by atoms with E-state index in [0.717, 1.165) is 28.1 Å². The molecule has 2 aromatic rings. The van der Waals surface area contributed by atoms with Gasteiger partial charge in [0.2, 0.25) is 21.8 Å². The van der Waals surface area contributed by atoms with Gasteiger partial charge in [-0.3, -0.25) is 13.9 Å². The number of hydrogen-bond acceptors (Lipinski definition) is 5. The molecule has 0 aromatic heterocycles. The number of benzene rings is 2. The summed E-state index contributed by atoms with van der Waals surface area (Å²) in [6.45, 7) is 9.54. The van der Waals surface area contributed by atoms with Gasteiger partial charge in [0.05, 0.1) is 19.1 Å². The molecule has 0 aliphatic heterocycles. The van der Waals surface area contributed by atoms with Crippen LogP contribution in [0.1, 0.15) is 64.5 Å². The second-order valence-electron chi connectivity index (χ2n) is 9.63. The summed E-state index contributed by atoms with van der Waals surface area (Å²) in [6, 6.07) is 13.6. The van der Waals surface area contributed by atoms with E-state index in [4.69, 9.17) is 4.74 Å². The van der Waals surface area contributed by atoms with Crippen LogP contribution in [0, 0.1) is 0 Å². The summed E-state index contributed by atoms with van der Waals surface area (Å²) < 4.78 is 32.0. The van der Waals surface area contributed by atoms with Gasteiger partial charge in [-0.2, -0.15) is 0 Å². The van der Waals surface area contributed by atoms with E-state index in [0.29, 0.717) is 17.9 Å². The normalized spacial score (nSPS) is 13.1. The molecule has 2 amide bonds. The molecule has 0 bridgehead atoms. The lowest BCUT2D eigenvalue weighted by molar-refractivity contribution is -0.140. The molecule has 2 unspecified atom stereocenters. The summed E-state index contributed by atoms with van der Waals surface area (Å²) in [5.74, 6) is 0.188. The van der Waals surface area contributed by atoms with E-state index in [1.165, 1.54) is 4.90 Å². The molecule has 0 radical (unpaired) electrons. The molecule has 1 N–H and O–H groups in total. The van der Waals surface area contributed by atoms with Gasteiger partial charge in [-0.05, 0) is 61.1 Å². The summed E-state index contributed by atoms with van der Waals surface area (Å²) in [4.78, 5) is 28.4. The third kappa shape index (κ3) is 8.49. The molecule has 0 fully saturated rings. The van der Waals surface area contributed by atoms with E-state index in [-0.39, 0.29) is 24.4 Å². The Kier molecular flexibility index (Phi) is 11.0. The number of nitrogens with zero attached hydrogens (tertiary/aromatic N) is 2. The Labute approximate surface area is 222 Å². The Balaban J connectivity index is 2.45. The molecule has 0 aliphatic carbocycles. The number of amides is 2. The fourth-order valence-corrected chi connectivity index (χ4v) is 4.82. The Morgan fingerprint density at radius 1 is 1.00 bits per heavy atom. The van der Waals surface area contributed by atoms with Crippen LogP contribution in [0.4, 0.5) is 5.69 Å². The lowest BCUT2D eigenvalue weighted by Crippen LogP contribution is -2.53. The van der Waals surface area contributed by atoms with Gasteiger partial charge in [0.15, 0.2) is 0 Å². The molecule has 2 aromatic carbocycles. The topological polar surface area (TPSA) is 96.0 Å². The van der Waals surface area contributed by atoms with Crippen molar-refractivity contribution in [2.24, 2.45) is 0 Å². The van der Waals surface area contributed by atoms with E-state index < -0.39 is 28.5 Å². The van der Waals surface area contributed by atoms with Crippen molar-refractivity contribution in [3.05, 3.63) is 59.7 Å². The smallest absolute Gasteiger partial charge is 0.244 e. The highest BCUT2D eigenvalue weighted by Crippen LogP contribution is 2.23. The standard InChI is InChI=1S/C28H41N3O5S/c1-8-21(5)29-28(33)26(9-2)30(18-22-11-10-12-25(17-22)36-6)27(32)19-31(37(7,34)35)24-15-13-23(14-16-24)20(3)4/h10-17,20-21,26H,8-9,18-19H2,1-7H3,(H,29,33). The average Bonchev–Trinajstić information content (AvgIpc) is 2.86. The second-order valence-corrected chi connectivity index (χ2v) is 11.5. The Hall–Kier alpha value is -3.07. The molecule has 0 aliphatic rings. The summed E-state index contributed by atoms with van der Waals surface area (Å²) in [5.41, 5.74) is 2.24. The van der Waals surface area contributed by atoms with Crippen LogP contribution in [-0.4, -0.2) is 57.1 Å². The minimum atomic E-state index is -3.77. The zero-order valence-electron chi connectivity index (χ0n) is 23.0. The van der Waals surface area contributed by atoms with Gasteiger partial charge in [-0.15, -0.1) is 0 Å². The number of ether oxygens (including phenoxy) is 1. The Bertz CT molecular complexity index is 1150. The van der Waals surface area contributed by atoms with E-state index in [9.17, 15) is 18.0 Å². The molecule has 0 spiro atoms. The van der Waals surface area contributed by atoms with Crippen LogP contribution in [-0.2, 0) is 26.2 Å². The number of rotatable bonds is 13. The minimum absolute atomic E-state index is 0.0534. The van der Waals surface area contributed by atoms with Crippen LogP contribution in [0.15, 0.2) is 48.5 Å². The number of carbonyl (C=O) groups excluding carboxylic acids is 2. The van der Waals surface area contributed by atoms with Crippen molar-refractivity contribution < 1.29 is 22.7 Å². The Morgan fingerprint density at radius 2 is 1.65 bits per heavy atom. The zero-order valence-corrected chi connectivity index (χ0v) is 23.8. The first kappa shape index (κ1) is 30.2. The Morgan fingerprint density at radius 3 is 2.16 bits per heavy atom. The third-order valence-electron chi connectivity index (χ3n) is 6.40. The molecule has 0 saturated carbocycles. The second kappa shape index (κ2) is 13.5. The first-order valence-corrected chi connectivity index (χ1v) is 14.6. The number of nitrogens with one attached hydrogen (secondary N) is 1. The zero-order chi connectivity index (χ0) is 27.8. The van der Waals surface area contributed by atoms with Gasteiger partial charge in [-0.25, -0.2) is 8.42 Å². The molecule has 37 heavy (non-hydrogen) atoms. The van der Waals surface area contributed by atoms with Crippen molar-refractivity contribution >= 4 is 27.5 Å². The van der Waals surface area contributed by atoms with Crippen LogP contribution in [0.3, 0.4) is 0 Å². The molecule has 8 nitrogen and oxygen atoms in total. The molecule has 204 valence electrons. The van der Waals surface area contributed by atoms with E-state index >= 15 is 0 Å². The molecule has 0 saturated heterocycles. The monoisotopic (exact) mass is 531 g/mol. The van der Waals surface area contributed by atoms with Crippen molar-refractivity contribution in [1.29, 1.82) is 0 Å². The number of anilines is 1. The first-order valence-electron chi connectivity index (χ1n) is 12.7. The predicted molar refractivity (Wildman–Crippen MR) is 148 cm³/mol. The fraction of sp³-hybridized carbons (Fsp3) is 0.500. The molecule has 2 atom stereocenters. The average molecular weight is 532 g/mol. The summed E-state index contributed by atoms with van der Waals surface area (Å²) in [7, 11) is -2.21. The molecule has 9 heteroatoms. The molecular weight excluding hydrogens is 490 g/mol. The third-order valence-corrected chi connectivity index (χ3v) is 7.54. The first-order chi connectivity index (χ1) is 17.4. The van der Waals surface area contributed by atoms with Crippen LogP contribution >= 0.6 is 0 Å². The van der Waals surface area contributed by atoms with Crippen molar-refractivity contribution in [2.75, 3.05) is 24.2 Å². The fourth-order valence-electron chi connectivity index (χ4n) is 3.97. The van der Waals surface area contributed by atoms with Crippen molar-refractivity contribution in [1.82, 2.24) is 10.2 Å². The lowest BCUT2D eigenvalue weighted by Gasteiger charge is -2.33. The van der Waals surface area contributed by atoms with Crippen LogP contribution < -0.4 is 14.4 Å². The van der Waals surface area contributed by atoms with E-state index in [1.807, 2.05) is 45.0 Å². The molecule has 0 heterocycles.